The predicted octanol–water partition coefficient (Wildman–Crippen LogP) is 2.08. The number of halogens is 3. The summed E-state index contributed by atoms with van der Waals surface area (Å²) in [5.41, 5.74) is -1.15. The fourth-order valence-corrected chi connectivity index (χ4v) is 0.968. The van der Waals surface area contributed by atoms with Crippen molar-refractivity contribution in [1.82, 2.24) is 4.98 Å². The molecule has 82 valence electrons. The monoisotopic (exact) mass is 222 g/mol. The molecule has 0 saturated carbocycles. The molecule has 1 heterocycles. The molecule has 0 atom stereocenters. The second-order valence-corrected chi connectivity index (χ2v) is 2.44. The Hall–Kier alpha value is -1.86. The van der Waals surface area contributed by atoms with Crippen LogP contribution in [0.15, 0.2) is 6.20 Å². The fraction of sp³-hybridized carbons (Fsp3) is 0.286. The van der Waals surface area contributed by atoms with Crippen molar-refractivity contribution in [2.24, 2.45) is 0 Å². The number of pyridine rings is 1. The second-order valence-electron chi connectivity index (χ2n) is 2.44. The molecule has 0 unspecified atom stereocenters. The highest BCUT2D eigenvalue weighted by atomic mass is 19.3. The Kier molecular flexibility index (Phi) is 3.08. The van der Waals surface area contributed by atoms with Gasteiger partial charge in [0.05, 0.1) is 7.11 Å². The Bertz CT molecular complexity index is 397. The van der Waals surface area contributed by atoms with Crippen LogP contribution in [0.2, 0.25) is 0 Å². The van der Waals surface area contributed by atoms with Crippen LogP contribution in [0, 0.1) is 15.9 Å². The summed E-state index contributed by atoms with van der Waals surface area (Å²) in [6.07, 6.45) is -2.52. The largest absolute Gasteiger partial charge is 0.492 e. The van der Waals surface area contributed by atoms with E-state index in [4.69, 9.17) is 0 Å². The highest BCUT2D eigenvalue weighted by molar-refractivity contribution is 5.40. The van der Waals surface area contributed by atoms with Gasteiger partial charge >= 0.3 is 5.82 Å². The number of rotatable bonds is 3. The minimum Gasteiger partial charge on any atom is -0.492 e. The number of nitro groups is 1. The molecule has 8 heteroatoms. The van der Waals surface area contributed by atoms with E-state index >= 15 is 0 Å². The molecule has 0 fully saturated rings. The van der Waals surface area contributed by atoms with E-state index in [2.05, 4.69) is 9.72 Å². The lowest BCUT2D eigenvalue weighted by molar-refractivity contribution is -0.392. The SMILES string of the molecule is COc1cnc([N+](=O)[O-])c(F)c1C(F)F. The first-order valence-electron chi connectivity index (χ1n) is 3.64. The number of alkyl halides is 2. The van der Waals surface area contributed by atoms with E-state index in [1.165, 1.54) is 0 Å². The lowest BCUT2D eigenvalue weighted by Crippen LogP contribution is -2.03. The Labute approximate surface area is 81.6 Å². The van der Waals surface area contributed by atoms with E-state index in [0.29, 0.717) is 6.20 Å². The topological polar surface area (TPSA) is 65.3 Å². The second kappa shape index (κ2) is 4.11. The summed E-state index contributed by atoms with van der Waals surface area (Å²) in [7, 11) is 1.04. The third-order valence-corrected chi connectivity index (χ3v) is 1.61. The van der Waals surface area contributed by atoms with E-state index in [9.17, 15) is 23.3 Å². The summed E-state index contributed by atoms with van der Waals surface area (Å²) in [4.78, 5) is 12.1. The summed E-state index contributed by atoms with van der Waals surface area (Å²) >= 11 is 0. The number of methoxy groups -OCH3 is 1. The molecule has 0 aliphatic carbocycles. The van der Waals surface area contributed by atoms with Gasteiger partial charge in [-0.25, -0.2) is 8.78 Å². The molecule has 0 spiro atoms. The van der Waals surface area contributed by atoms with Gasteiger partial charge in [0.15, 0.2) is 11.9 Å². The van der Waals surface area contributed by atoms with Crippen LogP contribution in [0.5, 0.6) is 5.75 Å². The highest BCUT2D eigenvalue weighted by Crippen LogP contribution is 2.33. The molecule has 15 heavy (non-hydrogen) atoms. The quantitative estimate of drug-likeness (QED) is 0.580. The number of hydrogen-bond donors (Lipinski definition) is 0. The van der Waals surface area contributed by atoms with Crippen LogP contribution in [0.3, 0.4) is 0 Å². The van der Waals surface area contributed by atoms with E-state index in [1.54, 1.807) is 0 Å². The van der Waals surface area contributed by atoms with Crippen LogP contribution in [-0.4, -0.2) is 17.0 Å². The molecule has 1 rings (SSSR count). The summed E-state index contributed by atoms with van der Waals surface area (Å²) in [6, 6.07) is 0. The zero-order valence-electron chi connectivity index (χ0n) is 7.41. The van der Waals surface area contributed by atoms with Gasteiger partial charge in [0.25, 0.3) is 6.43 Å². The lowest BCUT2D eigenvalue weighted by atomic mass is 10.2. The van der Waals surface area contributed by atoms with E-state index in [1.807, 2.05) is 0 Å². The predicted molar refractivity (Wildman–Crippen MR) is 42.4 cm³/mol. The lowest BCUT2D eigenvalue weighted by Gasteiger charge is -2.06. The number of aromatic nitrogens is 1. The van der Waals surface area contributed by atoms with Gasteiger partial charge in [0.2, 0.25) is 5.82 Å². The zero-order valence-corrected chi connectivity index (χ0v) is 7.41. The van der Waals surface area contributed by atoms with Crippen LogP contribution in [-0.2, 0) is 0 Å². The van der Waals surface area contributed by atoms with Gasteiger partial charge in [0.1, 0.15) is 5.56 Å². The van der Waals surface area contributed by atoms with Gasteiger partial charge in [-0.2, -0.15) is 4.39 Å². The van der Waals surface area contributed by atoms with E-state index < -0.39 is 34.3 Å². The molecule has 5 nitrogen and oxygen atoms in total. The number of ether oxygens (including phenoxy) is 1. The molecule has 0 aliphatic heterocycles. The summed E-state index contributed by atoms with van der Waals surface area (Å²) in [5.74, 6) is -3.44. The smallest absolute Gasteiger partial charge is 0.400 e. The van der Waals surface area contributed by atoms with Gasteiger partial charge in [-0.3, -0.25) is 0 Å². The molecule has 1 aromatic rings. The number of hydrogen-bond acceptors (Lipinski definition) is 4. The molecule has 0 aliphatic rings. The standard InChI is InChI=1S/C7H5F3N2O3/c1-15-3-2-11-7(12(13)14)5(8)4(3)6(9)10/h2,6H,1H3. The first-order valence-corrected chi connectivity index (χ1v) is 3.64. The van der Waals surface area contributed by atoms with Gasteiger partial charge < -0.3 is 14.9 Å². The molecule has 0 aromatic carbocycles. The van der Waals surface area contributed by atoms with E-state index in [0.717, 1.165) is 7.11 Å². The molecule has 0 bridgehead atoms. The van der Waals surface area contributed by atoms with Crippen molar-refractivity contribution < 1.29 is 22.8 Å². The maximum Gasteiger partial charge on any atom is 0.400 e. The first-order chi connectivity index (χ1) is 6.99. The molecule has 0 saturated heterocycles. The summed E-state index contributed by atoms with van der Waals surface area (Å²) in [5, 5.41) is 10.2. The average molecular weight is 222 g/mol. The van der Waals surface area contributed by atoms with Crippen LogP contribution in [0.25, 0.3) is 0 Å². The third kappa shape index (κ3) is 1.97. The number of nitrogens with zero attached hydrogens (tertiary/aromatic N) is 2. The summed E-state index contributed by atoms with van der Waals surface area (Å²) in [6.45, 7) is 0. The van der Waals surface area contributed by atoms with Crippen LogP contribution in [0.1, 0.15) is 12.0 Å². The Balaban J connectivity index is 3.42. The normalized spacial score (nSPS) is 10.5. The van der Waals surface area contributed by atoms with Gasteiger partial charge in [-0.15, -0.1) is 0 Å². The molecule has 0 amide bonds. The van der Waals surface area contributed by atoms with Crippen molar-refractivity contribution in [1.29, 1.82) is 0 Å². The average Bonchev–Trinajstić information content (AvgIpc) is 2.15. The molecule has 0 N–H and O–H groups in total. The zero-order chi connectivity index (χ0) is 11.6. The van der Waals surface area contributed by atoms with E-state index in [-0.39, 0.29) is 0 Å². The van der Waals surface area contributed by atoms with Gasteiger partial charge in [-0.05, 0) is 9.91 Å². The third-order valence-electron chi connectivity index (χ3n) is 1.61. The molecule has 0 radical (unpaired) electrons. The Morgan fingerprint density at radius 2 is 2.20 bits per heavy atom. The van der Waals surface area contributed by atoms with Gasteiger partial charge in [-0.1, -0.05) is 0 Å². The highest BCUT2D eigenvalue weighted by Gasteiger charge is 2.29. The van der Waals surface area contributed by atoms with Crippen molar-refractivity contribution in [2.75, 3.05) is 7.11 Å². The van der Waals surface area contributed by atoms with Crippen molar-refractivity contribution in [3.05, 3.63) is 27.7 Å². The van der Waals surface area contributed by atoms with Crippen LogP contribution < -0.4 is 4.74 Å². The van der Waals surface area contributed by atoms with Crippen molar-refractivity contribution in [3.63, 3.8) is 0 Å². The van der Waals surface area contributed by atoms with Gasteiger partial charge in [0, 0.05) is 0 Å². The van der Waals surface area contributed by atoms with Crippen molar-refractivity contribution in [3.8, 4) is 5.75 Å². The van der Waals surface area contributed by atoms with Crippen LogP contribution >= 0.6 is 0 Å². The van der Waals surface area contributed by atoms with Crippen molar-refractivity contribution in [2.45, 2.75) is 6.43 Å². The molecule has 1 aromatic heterocycles. The fourth-order valence-electron chi connectivity index (χ4n) is 0.968. The molecular weight excluding hydrogens is 217 g/mol. The Morgan fingerprint density at radius 3 is 2.60 bits per heavy atom. The summed E-state index contributed by atoms with van der Waals surface area (Å²) < 4.78 is 42.3. The first kappa shape index (κ1) is 11.2. The minimum absolute atomic E-state index is 0.520. The maximum atomic E-state index is 13.2. The van der Waals surface area contributed by atoms with Crippen molar-refractivity contribution >= 4 is 5.82 Å². The Morgan fingerprint density at radius 1 is 1.60 bits per heavy atom. The molecular formula is C7H5F3N2O3. The minimum atomic E-state index is -3.21. The van der Waals surface area contributed by atoms with Crippen LogP contribution in [0.4, 0.5) is 19.0 Å². The maximum absolute atomic E-state index is 13.2.